The summed E-state index contributed by atoms with van der Waals surface area (Å²) in [7, 11) is 0.220. The first kappa shape index (κ1) is 17.6. The summed E-state index contributed by atoms with van der Waals surface area (Å²) in [4.78, 5) is 0. The second-order valence-electron chi connectivity index (χ2n) is 5.34. The van der Waals surface area contributed by atoms with Crippen molar-refractivity contribution >= 4 is 7.92 Å². The Bertz CT molecular complexity index is 310. The number of hydrogen-bond donors (Lipinski definition) is 0. The van der Waals surface area contributed by atoms with Crippen molar-refractivity contribution in [2.45, 2.75) is 47.5 Å². The molecule has 1 heteroatoms. The largest absolute Gasteiger partial charge is 0.109 e. The van der Waals surface area contributed by atoms with Crippen LogP contribution >= 0.6 is 7.92 Å². The molecule has 0 aliphatic carbocycles. The Morgan fingerprint density at radius 1 is 1.28 bits per heavy atom. The molecule has 0 saturated heterocycles. The first-order chi connectivity index (χ1) is 8.46. The summed E-state index contributed by atoms with van der Waals surface area (Å²) >= 11 is 0. The van der Waals surface area contributed by atoms with Gasteiger partial charge < -0.3 is 0 Å². The van der Waals surface area contributed by atoms with Crippen LogP contribution in [0.1, 0.15) is 47.5 Å². The molecule has 0 spiro atoms. The zero-order valence-corrected chi connectivity index (χ0v) is 14.1. The van der Waals surface area contributed by atoms with Gasteiger partial charge in [0.15, 0.2) is 0 Å². The van der Waals surface area contributed by atoms with Gasteiger partial charge in [-0.05, 0) is 56.3 Å². The molecule has 0 aliphatic rings. The molecule has 0 fully saturated rings. The molecule has 0 aromatic carbocycles. The highest BCUT2D eigenvalue weighted by Crippen LogP contribution is 2.34. The minimum absolute atomic E-state index is 0.220. The van der Waals surface area contributed by atoms with Crippen LogP contribution in [0.3, 0.4) is 0 Å². The van der Waals surface area contributed by atoms with Gasteiger partial charge in [-0.3, -0.25) is 0 Å². The lowest BCUT2D eigenvalue weighted by Gasteiger charge is -2.16. The van der Waals surface area contributed by atoms with Gasteiger partial charge in [0.2, 0.25) is 0 Å². The predicted molar refractivity (Wildman–Crippen MR) is 89.0 cm³/mol. The molecule has 0 radical (unpaired) electrons. The fourth-order valence-electron chi connectivity index (χ4n) is 2.40. The Labute approximate surface area is 116 Å². The zero-order chi connectivity index (χ0) is 14.1. The van der Waals surface area contributed by atoms with Crippen LogP contribution in [-0.4, -0.2) is 19.0 Å². The van der Waals surface area contributed by atoms with Crippen molar-refractivity contribution in [1.29, 1.82) is 0 Å². The van der Waals surface area contributed by atoms with E-state index in [9.17, 15) is 0 Å². The summed E-state index contributed by atoms with van der Waals surface area (Å²) in [6.07, 6.45) is 9.64. The highest BCUT2D eigenvalue weighted by Gasteiger charge is 2.07. The molecule has 0 nitrogen and oxygen atoms in total. The lowest BCUT2D eigenvalue weighted by atomic mass is 9.98. The maximum atomic E-state index is 3.95. The molecule has 0 heterocycles. The van der Waals surface area contributed by atoms with Gasteiger partial charge in [0.25, 0.3) is 0 Å². The standard InChI is InChI=1S/C17H31P/c1-8-11-18(7)13-14(4)12-16(6)17(10-3)15(5)9-2/h10,12,14H,3,8-9,11,13H2,1-2,4-7H3. The molecular formula is C17H31P. The predicted octanol–water partition coefficient (Wildman–Crippen LogP) is 6.00. The molecule has 0 amide bonds. The first-order valence-corrected chi connectivity index (χ1v) is 9.31. The summed E-state index contributed by atoms with van der Waals surface area (Å²) in [5, 5.41) is 0. The third-order valence-electron chi connectivity index (χ3n) is 3.36. The van der Waals surface area contributed by atoms with Gasteiger partial charge in [0.1, 0.15) is 0 Å². The molecule has 0 aromatic heterocycles. The lowest BCUT2D eigenvalue weighted by molar-refractivity contribution is 0.828. The Morgan fingerprint density at radius 3 is 2.33 bits per heavy atom. The van der Waals surface area contributed by atoms with Crippen molar-refractivity contribution in [2.75, 3.05) is 19.0 Å². The topological polar surface area (TPSA) is 0 Å². The molecule has 0 rings (SSSR count). The van der Waals surface area contributed by atoms with Gasteiger partial charge in [-0.15, -0.1) is 7.92 Å². The van der Waals surface area contributed by atoms with Gasteiger partial charge in [0.05, 0.1) is 0 Å². The van der Waals surface area contributed by atoms with E-state index in [1.54, 1.807) is 0 Å². The van der Waals surface area contributed by atoms with E-state index in [1.165, 1.54) is 35.5 Å². The average Bonchev–Trinajstić information content (AvgIpc) is 2.29. The van der Waals surface area contributed by atoms with Gasteiger partial charge >= 0.3 is 0 Å². The van der Waals surface area contributed by atoms with E-state index < -0.39 is 0 Å². The molecule has 0 N–H and O–H groups in total. The minimum Gasteiger partial charge on any atom is -0.109 e. The molecule has 0 aromatic rings. The van der Waals surface area contributed by atoms with Gasteiger partial charge in [0, 0.05) is 0 Å². The fourth-order valence-corrected chi connectivity index (χ4v) is 4.43. The summed E-state index contributed by atoms with van der Waals surface area (Å²) < 4.78 is 0. The van der Waals surface area contributed by atoms with E-state index >= 15 is 0 Å². The van der Waals surface area contributed by atoms with E-state index in [1.807, 2.05) is 6.08 Å². The second kappa shape index (κ2) is 9.56. The molecule has 0 bridgehead atoms. The van der Waals surface area contributed by atoms with E-state index in [2.05, 4.69) is 53.9 Å². The van der Waals surface area contributed by atoms with Crippen molar-refractivity contribution in [3.8, 4) is 0 Å². The van der Waals surface area contributed by atoms with Crippen molar-refractivity contribution in [3.63, 3.8) is 0 Å². The van der Waals surface area contributed by atoms with Crippen LogP contribution in [-0.2, 0) is 0 Å². The highest BCUT2D eigenvalue weighted by atomic mass is 31.1. The zero-order valence-electron chi connectivity index (χ0n) is 13.2. The smallest absolute Gasteiger partial charge is 0.0217 e. The minimum atomic E-state index is 0.220. The summed E-state index contributed by atoms with van der Waals surface area (Å²) in [5.41, 5.74) is 4.19. The molecule has 104 valence electrons. The normalized spacial score (nSPS) is 17.1. The maximum Gasteiger partial charge on any atom is -0.0217 e. The van der Waals surface area contributed by atoms with Crippen LogP contribution in [0.4, 0.5) is 0 Å². The summed E-state index contributed by atoms with van der Waals surface area (Å²) in [5.74, 6) is 0.687. The van der Waals surface area contributed by atoms with Crippen molar-refractivity contribution in [1.82, 2.24) is 0 Å². The average molecular weight is 266 g/mol. The number of hydrogen-bond acceptors (Lipinski definition) is 0. The van der Waals surface area contributed by atoms with Crippen LogP contribution in [0, 0.1) is 5.92 Å². The van der Waals surface area contributed by atoms with Crippen molar-refractivity contribution in [2.24, 2.45) is 5.92 Å². The van der Waals surface area contributed by atoms with Crippen molar-refractivity contribution < 1.29 is 0 Å². The van der Waals surface area contributed by atoms with Crippen LogP contribution < -0.4 is 0 Å². The third-order valence-corrected chi connectivity index (χ3v) is 5.77. The molecule has 2 unspecified atom stereocenters. The SMILES string of the molecule is C=CC(C(C)=CC(C)CP(C)CCC)=C(C)CC. The van der Waals surface area contributed by atoms with E-state index in [0.29, 0.717) is 5.92 Å². The first-order valence-electron chi connectivity index (χ1n) is 7.15. The molecule has 18 heavy (non-hydrogen) atoms. The third kappa shape index (κ3) is 6.55. The molecule has 2 atom stereocenters. The molecule has 0 saturated carbocycles. The van der Waals surface area contributed by atoms with Gasteiger partial charge in [-0.1, -0.05) is 51.5 Å². The van der Waals surface area contributed by atoms with E-state index in [0.717, 1.165) is 6.42 Å². The van der Waals surface area contributed by atoms with Crippen LogP contribution in [0.5, 0.6) is 0 Å². The second-order valence-corrected chi connectivity index (χ2v) is 7.87. The Morgan fingerprint density at radius 2 is 1.89 bits per heavy atom. The van der Waals surface area contributed by atoms with Gasteiger partial charge in [-0.25, -0.2) is 0 Å². The van der Waals surface area contributed by atoms with E-state index in [-0.39, 0.29) is 7.92 Å². The quantitative estimate of drug-likeness (QED) is 0.373. The summed E-state index contributed by atoms with van der Waals surface area (Å²) in [6, 6.07) is 0. The van der Waals surface area contributed by atoms with Gasteiger partial charge in [-0.2, -0.15) is 0 Å². The summed E-state index contributed by atoms with van der Waals surface area (Å²) in [6.45, 7) is 17.7. The Balaban J connectivity index is 4.70. The van der Waals surface area contributed by atoms with Crippen molar-refractivity contribution in [3.05, 3.63) is 35.5 Å². The fraction of sp³-hybridized carbons (Fsp3) is 0.647. The van der Waals surface area contributed by atoms with Crippen LogP contribution in [0.2, 0.25) is 0 Å². The van der Waals surface area contributed by atoms with Crippen LogP contribution in [0.15, 0.2) is 35.5 Å². The highest BCUT2D eigenvalue weighted by molar-refractivity contribution is 7.56. The van der Waals surface area contributed by atoms with E-state index in [4.69, 9.17) is 0 Å². The molecule has 0 aliphatic heterocycles. The maximum absolute atomic E-state index is 3.95. The lowest BCUT2D eigenvalue weighted by Crippen LogP contribution is -2.00. The Hall–Kier alpha value is -0.350. The van der Waals surface area contributed by atoms with Crippen LogP contribution in [0.25, 0.3) is 0 Å². The number of rotatable bonds is 8. The Kier molecular flexibility index (Phi) is 9.38. The monoisotopic (exact) mass is 266 g/mol. The number of allylic oxidation sites excluding steroid dienone is 5. The molecular weight excluding hydrogens is 235 g/mol.